The zero-order valence-electron chi connectivity index (χ0n) is 24.9. The van der Waals surface area contributed by atoms with Gasteiger partial charge in [0.2, 0.25) is 5.91 Å². The molecule has 1 atom stereocenters. The summed E-state index contributed by atoms with van der Waals surface area (Å²) in [6.45, 7) is 3.13. The van der Waals surface area contributed by atoms with Gasteiger partial charge in [-0.2, -0.15) is 0 Å². The Morgan fingerprint density at radius 1 is 1.02 bits per heavy atom. The lowest BCUT2D eigenvalue weighted by Crippen LogP contribution is -2.48. The fourth-order valence-corrected chi connectivity index (χ4v) is 7.05. The van der Waals surface area contributed by atoms with E-state index in [9.17, 15) is 14.4 Å². The van der Waals surface area contributed by atoms with Crippen LogP contribution in [-0.4, -0.2) is 58.4 Å². The minimum atomic E-state index is -0.254. The number of carbonyl (C=O) groups is 2. The summed E-state index contributed by atoms with van der Waals surface area (Å²) in [6.07, 6.45) is 6.17. The summed E-state index contributed by atoms with van der Waals surface area (Å²) in [4.78, 5) is 49.1. The van der Waals surface area contributed by atoms with Crippen molar-refractivity contribution in [2.75, 3.05) is 37.8 Å². The molecular weight excluding hydrogens is 560 g/mol. The van der Waals surface area contributed by atoms with Gasteiger partial charge in [0, 0.05) is 48.7 Å². The molecule has 0 saturated carbocycles. The number of aryl methyl sites for hydroxylation is 3. The Morgan fingerprint density at radius 3 is 2.56 bits per heavy atom. The molecule has 1 fully saturated rings. The summed E-state index contributed by atoms with van der Waals surface area (Å²) in [5, 5.41) is 6.29. The van der Waals surface area contributed by atoms with Crippen molar-refractivity contribution in [3.63, 3.8) is 0 Å². The average molecular weight is 597 g/mol. The topological polar surface area (TPSA) is 99.6 Å². The Morgan fingerprint density at radius 2 is 1.79 bits per heavy atom. The summed E-state index contributed by atoms with van der Waals surface area (Å²) < 4.78 is 1.51. The lowest BCUT2D eigenvalue weighted by Gasteiger charge is -2.37. The number of rotatable bonds is 6. The second-order valence-corrected chi connectivity index (χ2v) is 12.7. The van der Waals surface area contributed by atoms with Gasteiger partial charge in [-0.15, -0.1) is 11.3 Å². The number of anilines is 3. The van der Waals surface area contributed by atoms with Gasteiger partial charge in [0.15, 0.2) is 5.82 Å². The van der Waals surface area contributed by atoms with Crippen LogP contribution in [0.25, 0.3) is 11.3 Å². The van der Waals surface area contributed by atoms with Crippen LogP contribution < -0.4 is 16.2 Å². The number of piperazine rings is 1. The number of benzene rings is 2. The summed E-state index contributed by atoms with van der Waals surface area (Å²) in [6, 6.07) is 15.5. The van der Waals surface area contributed by atoms with Crippen LogP contribution in [0.2, 0.25) is 0 Å². The maximum Gasteiger partial charge on any atom is 0.293 e. The molecule has 4 aromatic rings. The Hall–Kier alpha value is -4.28. The average Bonchev–Trinajstić information content (AvgIpc) is 3.43. The Bertz CT molecular complexity index is 1740. The van der Waals surface area contributed by atoms with Gasteiger partial charge in [0.25, 0.3) is 11.5 Å². The number of hydrogen-bond donors (Lipinski definition) is 2. The zero-order valence-corrected chi connectivity index (χ0v) is 25.8. The van der Waals surface area contributed by atoms with Crippen molar-refractivity contribution in [2.45, 2.75) is 38.6 Å². The van der Waals surface area contributed by atoms with Crippen LogP contribution in [0.5, 0.6) is 0 Å². The molecule has 2 aromatic heterocycles. The molecule has 3 heterocycles. The third-order valence-electron chi connectivity index (χ3n) is 8.46. The highest BCUT2D eigenvalue weighted by molar-refractivity contribution is 7.14. The third kappa shape index (κ3) is 5.85. The molecule has 2 N–H and O–H groups in total. The molecule has 43 heavy (non-hydrogen) atoms. The minimum Gasteiger partial charge on any atom is -0.336 e. The standard InChI is InChI=1S/C33H36N6O3S/c1-20-24(9-7-10-25(20)36-32(41)29-16-22-8-5-6-11-28(22)43-29)26-17-38(3)33(42)31(35-26)34-23-14-12-21(13-15-23)27-18-37(2)19-30(40)39(27)4/h7,9-10,12-17,27H,5-6,8,11,18-19H2,1-4H3,(H,34,35)(H,36,41). The normalized spacial score (nSPS) is 17.1. The van der Waals surface area contributed by atoms with E-state index in [1.165, 1.54) is 27.8 Å². The van der Waals surface area contributed by atoms with Crippen molar-refractivity contribution in [3.05, 3.63) is 91.5 Å². The van der Waals surface area contributed by atoms with Crippen molar-refractivity contribution >= 4 is 40.3 Å². The molecule has 222 valence electrons. The molecule has 1 saturated heterocycles. The zero-order chi connectivity index (χ0) is 30.2. The molecule has 1 aliphatic carbocycles. The second-order valence-electron chi connectivity index (χ2n) is 11.6. The van der Waals surface area contributed by atoms with E-state index in [2.05, 4.69) is 10.6 Å². The molecule has 0 spiro atoms. The van der Waals surface area contributed by atoms with Gasteiger partial charge in [-0.05, 0) is 80.6 Å². The molecular formula is C33H36N6O3S. The lowest BCUT2D eigenvalue weighted by molar-refractivity contribution is -0.137. The molecule has 6 rings (SSSR count). The number of aromatic nitrogens is 2. The number of likely N-dealkylation sites (N-methyl/N-ethyl adjacent to an activating group) is 2. The summed E-state index contributed by atoms with van der Waals surface area (Å²) in [5.41, 5.74) is 5.83. The smallest absolute Gasteiger partial charge is 0.293 e. The number of nitrogens with one attached hydrogen (secondary N) is 2. The van der Waals surface area contributed by atoms with Crippen molar-refractivity contribution < 1.29 is 9.59 Å². The Balaban J connectivity index is 1.23. The van der Waals surface area contributed by atoms with Crippen LogP contribution in [0.3, 0.4) is 0 Å². The van der Waals surface area contributed by atoms with Crippen LogP contribution >= 0.6 is 11.3 Å². The van der Waals surface area contributed by atoms with Crippen LogP contribution in [0, 0.1) is 6.92 Å². The van der Waals surface area contributed by atoms with E-state index >= 15 is 0 Å². The predicted octanol–water partition coefficient (Wildman–Crippen LogP) is 5.14. The Kier molecular flexibility index (Phi) is 7.89. The molecule has 10 heteroatoms. The highest BCUT2D eigenvalue weighted by Crippen LogP contribution is 2.32. The van der Waals surface area contributed by atoms with Gasteiger partial charge < -0.3 is 20.1 Å². The van der Waals surface area contributed by atoms with Crippen molar-refractivity contribution in [1.29, 1.82) is 0 Å². The molecule has 0 bridgehead atoms. The molecule has 2 amide bonds. The summed E-state index contributed by atoms with van der Waals surface area (Å²) >= 11 is 1.59. The van der Waals surface area contributed by atoms with E-state index in [0.717, 1.165) is 46.6 Å². The number of amides is 2. The first kappa shape index (κ1) is 28.8. The maximum absolute atomic E-state index is 13.2. The van der Waals surface area contributed by atoms with E-state index < -0.39 is 0 Å². The summed E-state index contributed by atoms with van der Waals surface area (Å²) in [7, 11) is 5.49. The fourth-order valence-electron chi connectivity index (χ4n) is 5.91. The fraction of sp³-hybridized carbons (Fsp3) is 0.333. The van der Waals surface area contributed by atoms with Gasteiger partial charge >= 0.3 is 0 Å². The molecule has 1 aliphatic heterocycles. The van der Waals surface area contributed by atoms with Gasteiger partial charge in [0.05, 0.1) is 23.2 Å². The quantitative estimate of drug-likeness (QED) is 0.320. The predicted molar refractivity (Wildman–Crippen MR) is 171 cm³/mol. The number of nitrogens with zero attached hydrogens (tertiary/aromatic N) is 4. The molecule has 0 radical (unpaired) electrons. The highest BCUT2D eigenvalue weighted by Gasteiger charge is 2.29. The molecule has 1 unspecified atom stereocenters. The number of hydrogen-bond acceptors (Lipinski definition) is 7. The largest absolute Gasteiger partial charge is 0.336 e. The maximum atomic E-state index is 13.2. The van der Waals surface area contributed by atoms with Crippen molar-refractivity contribution in [1.82, 2.24) is 19.4 Å². The monoisotopic (exact) mass is 596 g/mol. The van der Waals surface area contributed by atoms with Gasteiger partial charge in [0.1, 0.15) is 0 Å². The number of carbonyl (C=O) groups excluding carboxylic acids is 2. The van der Waals surface area contributed by atoms with Crippen LogP contribution in [0.15, 0.2) is 59.5 Å². The first-order chi connectivity index (χ1) is 20.7. The van der Waals surface area contributed by atoms with Crippen molar-refractivity contribution in [2.24, 2.45) is 7.05 Å². The first-order valence-corrected chi connectivity index (χ1v) is 15.4. The number of thiophene rings is 1. The van der Waals surface area contributed by atoms with Gasteiger partial charge in [-0.25, -0.2) is 4.98 Å². The van der Waals surface area contributed by atoms with Gasteiger partial charge in [-0.3, -0.25) is 19.3 Å². The minimum absolute atomic E-state index is 0.0319. The van der Waals surface area contributed by atoms with E-state index in [0.29, 0.717) is 17.9 Å². The third-order valence-corrected chi connectivity index (χ3v) is 9.69. The summed E-state index contributed by atoms with van der Waals surface area (Å²) in [5.74, 6) is 0.194. The van der Waals surface area contributed by atoms with Gasteiger partial charge in [-0.1, -0.05) is 24.3 Å². The van der Waals surface area contributed by atoms with Crippen LogP contribution in [0.1, 0.15) is 50.1 Å². The van der Waals surface area contributed by atoms with Crippen LogP contribution in [-0.2, 0) is 24.7 Å². The van der Waals surface area contributed by atoms with Crippen molar-refractivity contribution in [3.8, 4) is 11.3 Å². The van der Waals surface area contributed by atoms with E-state index in [1.807, 2.05) is 74.4 Å². The second kappa shape index (κ2) is 11.8. The molecule has 9 nitrogen and oxygen atoms in total. The number of fused-ring (bicyclic) bond motifs is 1. The van der Waals surface area contributed by atoms with E-state index in [1.54, 1.807) is 29.5 Å². The van der Waals surface area contributed by atoms with E-state index in [-0.39, 0.29) is 29.2 Å². The van der Waals surface area contributed by atoms with Crippen LogP contribution in [0.4, 0.5) is 17.2 Å². The SMILES string of the molecule is Cc1c(NC(=O)c2cc3c(s2)CCCC3)cccc1-c1cn(C)c(=O)c(Nc2ccc(C3CN(C)CC(=O)N3C)cc2)n1. The molecule has 2 aliphatic rings. The Labute approximate surface area is 255 Å². The lowest BCUT2D eigenvalue weighted by atomic mass is 9.99. The molecule has 2 aromatic carbocycles. The van der Waals surface area contributed by atoms with E-state index in [4.69, 9.17) is 4.98 Å². The highest BCUT2D eigenvalue weighted by atomic mass is 32.1. The first-order valence-electron chi connectivity index (χ1n) is 14.6.